The fraction of sp³-hybridized carbons (Fsp3) is 0.778. The second-order valence-corrected chi connectivity index (χ2v) is 10.6. The summed E-state index contributed by atoms with van der Waals surface area (Å²) in [6.07, 6.45) is 6.00. The van der Waals surface area contributed by atoms with Gasteiger partial charge in [-0.2, -0.15) is 11.1 Å². The smallest absolute Gasteiger partial charge is 0.163 e. The monoisotopic (exact) mass is 188 g/mol. The molecule has 0 aromatic heterocycles. The first-order chi connectivity index (χ1) is 5.02. The number of hydrogen-bond donors (Lipinski definition) is 0. The molecule has 0 aromatic carbocycles. The summed E-state index contributed by atoms with van der Waals surface area (Å²) < 4.78 is 0. The van der Waals surface area contributed by atoms with Crippen LogP contribution in [0.2, 0.25) is 17.6 Å². The third-order valence-electron chi connectivity index (χ3n) is 3.23. The first-order valence-corrected chi connectivity index (χ1v) is 8.06. The first kappa shape index (κ1) is 9.34. The van der Waals surface area contributed by atoms with Crippen molar-refractivity contribution in [2.75, 3.05) is 0 Å². The summed E-state index contributed by atoms with van der Waals surface area (Å²) in [5.74, 6) is 0. The largest absolute Gasteiger partial charge is 0.166 e. The maximum Gasteiger partial charge on any atom is 0.163 e. The Labute approximate surface area is 75.4 Å². The number of halogens is 1. The average molecular weight is 189 g/mol. The van der Waals surface area contributed by atoms with Gasteiger partial charge in [-0.05, 0) is 17.5 Å². The molecule has 11 heavy (non-hydrogen) atoms. The summed E-state index contributed by atoms with van der Waals surface area (Å²) in [7, 11) is -1.49. The van der Waals surface area contributed by atoms with Crippen molar-refractivity contribution in [3.63, 3.8) is 0 Å². The van der Waals surface area contributed by atoms with Gasteiger partial charge in [-0.25, -0.2) is 0 Å². The lowest BCUT2D eigenvalue weighted by atomic mass is 10.0. The highest BCUT2D eigenvalue weighted by Crippen LogP contribution is 2.51. The lowest BCUT2D eigenvalue weighted by Gasteiger charge is -2.42. The molecule has 0 N–H and O–H groups in total. The molecule has 1 heterocycles. The van der Waals surface area contributed by atoms with E-state index in [0.29, 0.717) is 0 Å². The summed E-state index contributed by atoms with van der Waals surface area (Å²) >= 11 is 6.55. The van der Waals surface area contributed by atoms with E-state index in [1.165, 1.54) is 25.3 Å². The Kier molecular flexibility index (Phi) is 2.50. The van der Waals surface area contributed by atoms with E-state index in [-0.39, 0.29) is 5.04 Å². The Hall–Kier alpha value is 0.247. The van der Waals surface area contributed by atoms with Crippen molar-refractivity contribution in [1.82, 2.24) is 0 Å². The molecule has 1 fully saturated rings. The minimum absolute atomic E-state index is 0.285. The van der Waals surface area contributed by atoms with Gasteiger partial charge in [-0.1, -0.05) is 32.4 Å². The van der Waals surface area contributed by atoms with Crippen LogP contribution in [0.25, 0.3) is 0 Å². The van der Waals surface area contributed by atoms with Crippen LogP contribution in [-0.2, 0) is 0 Å². The van der Waals surface area contributed by atoms with Crippen LogP contribution in [0.15, 0.2) is 12.7 Å². The number of hydrogen-bond acceptors (Lipinski definition) is 0. The van der Waals surface area contributed by atoms with Gasteiger partial charge in [0.25, 0.3) is 0 Å². The quantitative estimate of drug-likeness (QED) is 0.332. The Morgan fingerprint density at radius 2 is 2.18 bits per heavy atom. The Balaban J connectivity index is 2.82. The Morgan fingerprint density at radius 1 is 1.55 bits per heavy atom. The molecule has 1 rings (SSSR count). The van der Waals surface area contributed by atoms with Gasteiger partial charge < -0.3 is 0 Å². The van der Waals surface area contributed by atoms with Gasteiger partial charge in [0, 0.05) is 0 Å². The lowest BCUT2D eigenvalue weighted by Crippen LogP contribution is -2.39. The summed E-state index contributed by atoms with van der Waals surface area (Å²) in [6.45, 7) is 8.45. The van der Waals surface area contributed by atoms with Crippen molar-refractivity contribution in [2.24, 2.45) is 0 Å². The molecule has 0 radical (unpaired) electrons. The molecule has 0 aromatic rings. The second-order valence-electron chi connectivity index (χ2n) is 4.03. The SMILES string of the molecule is C=CC1(C)CCCC[Si]1(C)Cl. The molecule has 0 amide bonds. The van der Waals surface area contributed by atoms with Crippen molar-refractivity contribution in [3.05, 3.63) is 12.7 Å². The van der Waals surface area contributed by atoms with E-state index in [1.807, 2.05) is 0 Å². The molecule has 64 valence electrons. The fourth-order valence-electron chi connectivity index (χ4n) is 1.81. The van der Waals surface area contributed by atoms with Crippen molar-refractivity contribution in [3.8, 4) is 0 Å². The second kappa shape index (κ2) is 2.95. The zero-order valence-corrected chi connectivity index (χ0v) is 9.25. The standard InChI is InChI=1S/C9H17ClSi/c1-4-9(2)7-5-6-8-11(9,3)10/h4H,1,5-8H2,2-3H3. The van der Waals surface area contributed by atoms with Crippen molar-refractivity contribution >= 4 is 18.5 Å². The van der Waals surface area contributed by atoms with Gasteiger partial charge >= 0.3 is 0 Å². The third kappa shape index (κ3) is 1.54. The number of rotatable bonds is 1. The molecule has 0 spiro atoms. The number of allylic oxidation sites excluding steroid dienone is 1. The predicted molar refractivity (Wildman–Crippen MR) is 54.7 cm³/mol. The molecular formula is C9H17ClSi. The van der Waals surface area contributed by atoms with Crippen molar-refractivity contribution < 1.29 is 0 Å². The van der Waals surface area contributed by atoms with Crippen LogP contribution in [0.1, 0.15) is 26.2 Å². The summed E-state index contributed by atoms with van der Waals surface area (Å²) in [6, 6.07) is 1.26. The molecule has 1 aliphatic heterocycles. The average Bonchev–Trinajstić information content (AvgIpc) is 1.95. The van der Waals surface area contributed by atoms with E-state index in [4.69, 9.17) is 11.1 Å². The van der Waals surface area contributed by atoms with Crippen molar-refractivity contribution in [2.45, 2.75) is 43.8 Å². The van der Waals surface area contributed by atoms with Crippen LogP contribution in [0, 0.1) is 0 Å². The van der Waals surface area contributed by atoms with Gasteiger partial charge in [-0.3, -0.25) is 0 Å². The summed E-state index contributed by atoms with van der Waals surface area (Å²) in [4.78, 5) is 0. The van der Waals surface area contributed by atoms with Crippen LogP contribution in [-0.4, -0.2) is 7.38 Å². The molecule has 0 saturated carbocycles. The van der Waals surface area contributed by atoms with Gasteiger partial charge in [0.05, 0.1) is 0 Å². The molecule has 1 aliphatic rings. The zero-order chi connectivity index (χ0) is 8.54. The molecule has 0 nitrogen and oxygen atoms in total. The fourth-order valence-corrected chi connectivity index (χ4v) is 5.33. The topological polar surface area (TPSA) is 0 Å². The normalized spacial score (nSPS) is 45.4. The van der Waals surface area contributed by atoms with E-state index in [9.17, 15) is 0 Å². The van der Waals surface area contributed by atoms with E-state index < -0.39 is 7.38 Å². The molecular weight excluding hydrogens is 172 g/mol. The maximum atomic E-state index is 6.55. The predicted octanol–water partition coefficient (Wildman–Crippen LogP) is 3.93. The van der Waals surface area contributed by atoms with Crippen LogP contribution in [0.3, 0.4) is 0 Å². The van der Waals surface area contributed by atoms with E-state index in [0.717, 1.165) is 0 Å². The highest BCUT2D eigenvalue weighted by molar-refractivity contribution is 7.21. The molecule has 0 aliphatic carbocycles. The van der Waals surface area contributed by atoms with Gasteiger partial charge in [0.1, 0.15) is 0 Å². The third-order valence-corrected chi connectivity index (χ3v) is 9.22. The van der Waals surface area contributed by atoms with Crippen LogP contribution in [0.5, 0.6) is 0 Å². The van der Waals surface area contributed by atoms with Crippen molar-refractivity contribution in [1.29, 1.82) is 0 Å². The molecule has 0 bridgehead atoms. The Bertz CT molecular complexity index is 165. The van der Waals surface area contributed by atoms with E-state index in [1.54, 1.807) is 0 Å². The molecule has 2 heteroatoms. The first-order valence-electron chi connectivity index (χ1n) is 4.34. The summed E-state index contributed by atoms with van der Waals surface area (Å²) in [5, 5.41) is 0.285. The van der Waals surface area contributed by atoms with Gasteiger partial charge in [0.2, 0.25) is 0 Å². The minimum atomic E-state index is -1.49. The highest BCUT2D eigenvalue weighted by Gasteiger charge is 2.44. The van der Waals surface area contributed by atoms with Gasteiger partial charge in [-0.15, -0.1) is 6.58 Å². The molecule has 1 saturated heterocycles. The molecule has 2 atom stereocenters. The van der Waals surface area contributed by atoms with E-state index in [2.05, 4.69) is 26.1 Å². The highest BCUT2D eigenvalue weighted by atomic mass is 35.6. The van der Waals surface area contributed by atoms with E-state index >= 15 is 0 Å². The van der Waals surface area contributed by atoms with Crippen LogP contribution in [0.4, 0.5) is 0 Å². The van der Waals surface area contributed by atoms with Crippen LogP contribution < -0.4 is 0 Å². The Morgan fingerprint density at radius 3 is 2.55 bits per heavy atom. The zero-order valence-electron chi connectivity index (χ0n) is 7.49. The van der Waals surface area contributed by atoms with Crippen LogP contribution >= 0.6 is 11.1 Å². The molecule has 2 unspecified atom stereocenters. The maximum absolute atomic E-state index is 6.55. The van der Waals surface area contributed by atoms with Gasteiger partial charge in [0.15, 0.2) is 7.38 Å². The minimum Gasteiger partial charge on any atom is -0.166 e. The summed E-state index contributed by atoms with van der Waals surface area (Å²) in [5.41, 5.74) is 0. The lowest BCUT2D eigenvalue weighted by molar-refractivity contribution is 0.561.